The third-order valence-corrected chi connectivity index (χ3v) is 11.7. The van der Waals surface area contributed by atoms with Crippen LogP contribution in [0.25, 0.3) is 54.3 Å². The summed E-state index contributed by atoms with van der Waals surface area (Å²) in [5, 5.41) is 9.41. The van der Waals surface area contributed by atoms with E-state index in [-0.39, 0.29) is 0 Å². The van der Waals surface area contributed by atoms with Crippen LogP contribution in [0.3, 0.4) is 0 Å². The molecule has 4 nitrogen and oxygen atoms in total. The van der Waals surface area contributed by atoms with E-state index in [1.807, 2.05) is 18.3 Å². The van der Waals surface area contributed by atoms with Gasteiger partial charge in [-0.2, -0.15) is 0 Å². The smallest absolute Gasteiger partial charge is 0.0701 e. The summed E-state index contributed by atoms with van der Waals surface area (Å²) in [6.07, 6.45) is 7.20. The van der Waals surface area contributed by atoms with Gasteiger partial charge in [0.1, 0.15) is 0 Å². The fourth-order valence-electron chi connectivity index (χ4n) is 8.80. The van der Waals surface area contributed by atoms with Crippen molar-refractivity contribution >= 4 is 82.9 Å². The minimum absolute atomic E-state index is 0.825. The summed E-state index contributed by atoms with van der Waals surface area (Å²) >= 11 is 0. The van der Waals surface area contributed by atoms with Gasteiger partial charge in [0.2, 0.25) is 0 Å². The molecular formula is C56H40N4. The van der Waals surface area contributed by atoms with E-state index in [1.54, 1.807) is 0 Å². The molecule has 0 fully saturated rings. The number of anilines is 6. The third-order valence-electron chi connectivity index (χ3n) is 11.7. The average molecular weight is 769 g/mol. The van der Waals surface area contributed by atoms with Gasteiger partial charge in [0.25, 0.3) is 0 Å². The molecule has 2 heterocycles. The second-order valence-electron chi connectivity index (χ2n) is 15.3. The van der Waals surface area contributed by atoms with E-state index in [0.717, 1.165) is 91.2 Å². The molecule has 0 saturated carbocycles. The molecule has 0 spiro atoms. The number of aliphatic imine (C=N–C) groups is 1. The molecule has 0 saturated heterocycles. The summed E-state index contributed by atoms with van der Waals surface area (Å²) in [4.78, 5) is 14.4. The third kappa shape index (κ3) is 6.36. The van der Waals surface area contributed by atoms with Gasteiger partial charge in [0.05, 0.1) is 22.8 Å². The van der Waals surface area contributed by atoms with Crippen LogP contribution in [0.4, 0.5) is 34.1 Å². The standard InChI is InChI=1S/C56H40N4/c1-3-15-43-37-47(33-23-39(43)13-1)59(45-29-25-41(26-30-45)53-21-9-11-35-57-53)55-49-17-5-7-19-51(49)56(52-20-8-6-18-50(52)55)60(48-34-24-40-14-2-4-16-44(40)38-48)46-31-27-42(28-32-46)54-22-10-12-36-58-54/h1-11,13-35,37-38H,12,36H2. The largest absolute Gasteiger partial charge is 0.309 e. The lowest BCUT2D eigenvalue weighted by atomic mass is 9.94. The maximum absolute atomic E-state index is 4.83. The van der Waals surface area contributed by atoms with Crippen LogP contribution >= 0.6 is 0 Å². The monoisotopic (exact) mass is 768 g/mol. The van der Waals surface area contributed by atoms with Crippen LogP contribution in [0.2, 0.25) is 0 Å². The van der Waals surface area contributed by atoms with Crippen LogP contribution in [-0.4, -0.2) is 17.2 Å². The number of fused-ring (bicyclic) bond motifs is 4. The van der Waals surface area contributed by atoms with Gasteiger partial charge in [0.15, 0.2) is 0 Å². The maximum atomic E-state index is 4.83. The molecule has 60 heavy (non-hydrogen) atoms. The quantitative estimate of drug-likeness (QED) is 0.114. The van der Waals surface area contributed by atoms with Gasteiger partial charge in [-0.15, -0.1) is 0 Å². The van der Waals surface area contributed by atoms with Crippen molar-refractivity contribution in [3.63, 3.8) is 0 Å². The van der Waals surface area contributed by atoms with Crippen LogP contribution < -0.4 is 9.80 Å². The Bertz CT molecular complexity index is 3200. The Morgan fingerprint density at radius 2 is 0.833 bits per heavy atom. The number of hydrogen-bond donors (Lipinski definition) is 0. The summed E-state index contributed by atoms with van der Waals surface area (Å²) in [6, 6.07) is 72.4. The zero-order valence-corrected chi connectivity index (χ0v) is 33.0. The van der Waals surface area contributed by atoms with E-state index in [2.05, 4.69) is 215 Å². The van der Waals surface area contributed by atoms with Gasteiger partial charge < -0.3 is 9.80 Å². The van der Waals surface area contributed by atoms with Crippen molar-refractivity contribution in [2.24, 2.45) is 4.99 Å². The van der Waals surface area contributed by atoms with Crippen LogP contribution in [-0.2, 0) is 0 Å². The van der Waals surface area contributed by atoms with Crippen molar-refractivity contribution in [1.29, 1.82) is 0 Å². The molecule has 1 aliphatic heterocycles. The van der Waals surface area contributed by atoms with E-state index in [0.29, 0.717) is 0 Å². The molecule has 1 aromatic heterocycles. The molecule has 0 N–H and O–H groups in total. The van der Waals surface area contributed by atoms with E-state index in [4.69, 9.17) is 4.99 Å². The van der Waals surface area contributed by atoms with E-state index >= 15 is 0 Å². The molecule has 0 atom stereocenters. The Hall–Kier alpha value is -7.82. The Kier molecular flexibility index (Phi) is 8.94. The molecule has 0 radical (unpaired) electrons. The van der Waals surface area contributed by atoms with Gasteiger partial charge >= 0.3 is 0 Å². The number of dihydropyridines is 1. The summed E-state index contributed by atoms with van der Waals surface area (Å²) < 4.78 is 0. The second-order valence-corrected chi connectivity index (χ2v) is 15.3. The molecular weight excluding hydrogens is 729 g/mol. The highest BCUT2D eigenvalue weighted by Crippen LogP contribution is 2.51. The van der Waals surface area contributed by atoms with Gasteiger partial charge in [0, 0.05) is 62.6 Å². The predicted molar refractivity (Wildman–Crippen MR) is 254 cm³/mol. The van der Waals surface area contributed by atoms with Gasteiger partial charge in [-0.25, -0.2) is 0 Å². The Labute approximate surface area is 349 Å². The Balaban J connectivity index is 1.18. The first kappa shape index (κ1) is 35.4. The van der Waals surface area contributed by atoms with Crippen LogP contribution in [0.5, 0.6) is 0 Å². The molecule has 9 aromatic carbocycles. The van der Waals surface area contributed by atoms with E-state index < -0.39 is 0 Å². The maximum Gasteiger partial charge on any atom is 0.0701 e. The molecule has 11 rings (SSSR count). The average Bonchev–Trinajstić information content (AvgIpc) is 3.33. The number of benzene rings is 9. The van der Waals surface area contributed by atoms with Crippen LogP contribution in [0.1, 0.15) is 12.0 Å². The summed E-state index contributed by atoms with van der Waals surface area (Å²) in [7, 11) is 0. The number of allylic oxidation sites excluding steroid dienone is 1. The van der Waals surface area contributed by atoms with E-state index in [1.165, 1.54) is 21.5 Å². The fourth-order valence-corrected chi connectivity index (χ4v) is 8.80. The predicted octanol–water partition coefficient (Wildman–Crippen LogP) is 15.0. The summed E-state index contributed by atoms with van der Waals surface area (Å²) in [5.74, 6) is 0. The molecule has 284 valence electrons. The van der Waals surface area contributed by atoms with Crippen molar-refractivity contribution < 1.29 is 0 Å². The molecule has 0 bridgehead atoms. The number of nitrogens with zero attached hydrogens (tertiary/aromatic N) is 4. The normalized spacial score (nSPS) is 12.6. The lowest BCUT2D eigenvalue weighted by Gasteiger charge is -2.33. The lowest BCUT2D eigenvalue weighted by molar-refractivity contribution is 0.994. The van der Waals surface area contributed by atoms with Crippen molar-refractivity contribution in [1.82, 2.24) is 4.98 Å². The van der Waals surface area contributed by atoms with Crippen molar-refractivity contribution in [3.8, 4) is 11.3 Å². The second kappa shape index (κ2) is 15.2. The highest BCUT2D eigenvalue weighted by Gasteiger charge is 2.26. The first-order valence-electron chi connectivity index (χ1n) is 20.6. The Morgan fingerprint density at radius 1 is 0.383 bits per heavy atom. The van der Waals surface area contributed by atoms with Gasteiger partial charge in [-0.05, 0) is 100 Å². The van der Waals surface area contributed by atoms with Crippen LogP contribution in [0, 0.1) is 0 Å². The fraction of sp³-hybridized carbons (Fsp3) is 0.0357. The number of rotatable bonds is 8. The number of aromatic nitrogens is 1. The Morgan fingerprint density at radius 3 is 1.30 bits per heavy atom. The summed E-state index contributed by atoms with van der Waals surface area (Å²) in [5.41, 5.74) is 10.8. The van der Waals surface area contributed by atoms with Crippen LogP contribution in [0.15, 0.2) is 224 Å². The minimum Gasteiger partial charge on any atom is -0.309 e. The number of hydrogen-bond acceptors (Lipinski definition) is 4. The molecule has 1 aliphatic rings. The topological polar surface area (TPSA) is 31.7 Å². The molecule has 0 aliphatic carbocycles. The zero-order chi connectivity index (χ0) is 39.8. The first-order chi connectivity index (χ1) is 29.8. The van der Waals surface area contributed by atoms with Crippen molar-refractivity contribution in [2.45, 2.75) is 6.42 Å². The van der Waals surface area contributed by atoms with Crippen molar-refractivity contribution in [2.75, 3.05) is 16.3 Å². The van der Waals surface area contributed by atoms with E-state index in [9.17, 15) is 0 Å². The first-order valence-corrected chi connectivity index (χ1v) is 20.6. The highest BCUT2D eigenvalue weighted by atomic mass is 15.2. The number of pyridine rings is 1. The van der Waals surface area contributed by atoms with Gasteiger partial charge in [-0.1, -0.05) is 146 Å². The molecule has 0 amide bonds. The molecule has 0 unspecified atom stereocenters. The summed E-state index contributed by atoms with van der Waals surface area (Å²) in [6.45, 7) is 0.825. The molecule has 10 aromatic rings. The SMILES string of the molecule is C1=CC(c2ccc(N(c3ccc4ccccc4c3)c3c4ccccc4c(N(c4ccc(-c5ccccn5)cc4)c4ccc5ccccc5c4)c4ccccc34)cc2)=NCC1. The van der Waals surface area contributed by atoms with Crippen molar-refractivity contribution in [3.05, 3.63) is 224 Å². The minimum atomic E-state index is 0.825. The lowest BCUT2D eigenvalue weighted by Crippen LogP contribution is -2.15. The molecule has 4 heteroatoms. The van der Waals surface area contributed by atoms with Gasteiger partial charge in [-0.3, -0.25) is 9.98 Å². The zero-order valence-electron chi connectivity index (χ0n) is 33.0. The highest BCUT2D eigenvalue weighted by molar-refractivity contribution is 6.23.